The van der Waals surface area contributed by atoms with E-state index < -0.39 is 0 Å². The van der Waals surface area contributed by atoms with Crippen LogP contribution in [0.5, 0.6) is 11.5 Å². The van der Waals surface area contributed by atoms with E-state index in [4.69, 9.17) is 24.4 Å². The minimum absolute atomic E-state index is 0.0447. The van der Waals surface area contributed by atoms with E-state index in [0.29, 0.717) is 48.6 Å². The molecule has 0 atom stereocenters. The second-order valence-corrected chi connectivity index (χ2v) is 8.67. The summed E-state index contributed by atoms with van der Waals surface area (Å²) in [6.45, 7) is 11.7. The number of ether oxygens (including phenoxy) is 2. The predicted molar refractivity (Wildman–Crippen MR) is 139 cm³/mol. The molecule has 1 heterocycles. The molecule has 0 unspecified atom stereocenters. The van der Waals surface area contributed by atoms with Crippen molar-refractivity contribution in [3.63, 3.8) is 0 Å². The van der Waals surface area contributed by atoms with Gasteiger partial charge in [0, 0.05) is 23.8 Å². The van der Waals surface area contributed by atoms with Gasteiger partial charge in [0.1, 0.15) is 18.1 Å². The maximum Gasteiger partial charge on any atom is 0.167 e. The molecule has 4 rings (SSSR count). The first-order chi connectivity index (χ1) is 16.9. The molecular formula is C29H31N3O3. The lowest BCUT2D eigenvalue weighted by Gasteiger charge is -2.13. The average Bonchev–Trinajstić information content (AvgIpc) is 2.81. The van der Waals surface area contributed by atoms with Crippen LogP contribution in [-0.4, -0.2) is 39.9 Å². The molecule has 1 N–H and O–H groups in total. The van der Waals surface area contributed by atoms with Crippen molar-refractivity contribution in [3.05, 3.63) is 76.9 Å². The van der Waals surface area contributed by atoms with Crippen molar-refractivity contribution < 1.29 is 14.6 Å². The Hall–Kier alpha value is -3.77. The number of benzene rings is 3. The van der Waals surface area contributed by atoms with Gasteiger partial charge in [-0.1, -0.05) is 47.5 Å². The summed E-state index contributed by atoms with van der Waals surface area (Å²) < 4.78 is 11.0. The zero-order chi connectivity index (χ0) is 24.9. The molecule has 0 bridgehead atoms. The molecule has 0 saturated carbocycles. The Labute approximate surface area is 206 Å². The Bertz CT molecular complexity index is 1280. The van der Waals surface area contributed by atoms with Gasteiger partial charge in [0.25, 0.3) is 0 Å². The summed E-state index contributed by atoms with van der Waals surface area (Å²) in [7, 11) is 0. The minimum Gasteiger partial charge on any atom is -0.507 e. The number of aromatic hydroxyl groups is 1. The van der Waals surface area contributed by atoms with Gasteiger partial charge in [-0.25, -0.2) is 15.0 Å². The average molecular weight is 470 g/mol. The third-order valence-corrected chi connectivity index (χ3v) is 5.79. The molecule has 6 heteroatoms. The molecule has 3 aromatic carbocycles. The third kappa shape index (κ3) is 5.66. The molecule has 1 aromatic heterocycles. The van der Waals surface area contributed by atoms with Crippen LogP contribution in [0, 0.1) is 27.7 Å². The Morgan fingerprint density at radius 3 is 1.66 bits per heavy atom. The van der Waals surface area contributed by atoms with Crippen LogP contribution in [0.4, 0.5) is 0 Å². The lowest BCUT2D eigenvalue weighted by atomic mass is 10.0. The van der Waals surface area contributed by atoms with Gasteiger partial charge in [-0.3, -0.25) is 0 Å². The van der Waals surface area contributed by atoms with Gasteiger partial charge >= 0.3 is 0 Å². The number of phenolic OH excluding ortho intramolecular Hbond substituents is 1. The monoisotopic (exact) mass is 469 g/mol. The number of phenols is 1. The van der Waals surface area contributed by atoms with E-state index in [9.17, 15) is 5.11 Å². The smallest absolute Gasteiger partial charge is 0.167 e. The highest BCUT2D eigenvalue weighted by molar-refractivity contribution is 5.72. The van der Waals surface area contributed by atoms with Crippen LogP contribution in [0.1, 0.15) is 29.2 Å². The first-order valence-corrected chi connectivity index (χ1v) is 11.8. The van der Waals surface area contributed by atoms with Crippen LogP contribution < -0.4 is 4.74 Å². The Balaban J connectivity index is 1.80. The highest BCUT2D eigenvalue weighted by Gasteiger charge is 2.17. The van der Waals surface area contributed by atoms with Crippen LogP contribution >= 0.6 is 0 Å². The van der Waals surface area contributed by atoms with E-state index in [1.54, 1.807) is 18.2 Å². The van der Waals surface area contributed by atoms with Crippen molar-refractivity contribution in [2.24, 2.45) is 0 Å². The number of rotatable bonds is 8. The van der Waals surface area contributed by atoms with Crippen molar-refractivity contribution in [1.82, 2.24) is 15.0 Å². The molecular weight excluding hydrogens is 438 g/mol. The maximum absolute atomic E-state index is 10.8. The van der Waals surface area contributed by atoms with Gasteiger partial charge < -0.3 is 14.6 Å². The van der Waals surface area contributed by atoms with Crippen molar-refractivity contribution >= 4 is 0 Å². The summed E-state index contributed by atoms with van der Waals surface area (Å²) in [5.41, 5.74) is 6.88. The number of hydrogen-bond acceptors (Lipinski definition) is 6. The molecule has 180 valence electrons. The second-order valence-electron chi connectivity index (χ2n) is 8.67. The number of hydrogen-bond donors (Lipinski definition) is 1. The van der Waals surface area contributed by atoms with Gasteiger partial charge in [0.05, 0.1) is 12.2 Å². The van der Waals surface area contributed by atoms with E-state index in [0.717, 1.165) is 22.3 Å². The topological polar surface area (TPSA) is 77.4 Å². The zero-order valence-corrected chi connectivity index (χ0v) is 20.9. The summed E-state index contributed by atoms with van der Waals surface area (Å²) in [4.78, 5) is 14.4. The molecule has 0 spiro atoms. The highest BCUT2D eigenvalue weighted by atomic mass is 16.5. The van der Waals surface area contributed by atoms with Gasteiger partial charge in [-0.2, -0.15) is 0 Å². The Morgan fingerprint density at radius 1 is 0.657 bits per heavy atom. The SMILES string of the molecule is CCOCCOc1ccc(-c2nc(-c3ccc(C)cc3C)nc(-c3ccc(C)cc3C)n2)c(O)c1. The third-order valence-electron chi connectivity index (χ3n) is 5.79. The lowest BCUT2D eigenvalue weighted by Crippen LogP contribution is -2.06. The van der Waals surface area contributed by atoms with E-state index in [1.807, 2.05) is 19.1 Å². The summed E-state index contributed by atoms with van der Waals surface area (Å²) in [6.07, 6.45) is 0. The van der Waals surface area contributed by atoms with Crippen molar-refractivity contribution in [2.45, 2.75) is 34.6 Å². The molecule has 0 radical (unpaired) electrons. The molecule has 35 heavy (non-hydrogen) atoms. The molecule has 0 saturated heterocycles. The van der Waals surface area contributed by atoms with Crippen LogP contribution in [0.25, 0.3) is 34.2 Å². The van der Waals surface area contributed by atoms with Crippen LogP contribution in [0.2, 0.25) is 0 Å². The molecule has 0 amide bonds. The fraction of sp³-hybridized carbons (Fsp3) is 0.276. The Kier molecular flexibility index (Phi) is 7.42. The molecule has 0 aliphatic heterocycles. The largest absolute Gasteiger partial charge is 0.507 e. The van der Waals surface area contributed by atoms with Crippen LogP contribution in [-0.2, 0) is 4.74 Å². The fourth-order valence-electron chi connectivity index (χ4n) is 4.02. The standard InChI is InChI=1S/C29H31N3O3/c1-6-34-13-14-35-22-9-12-25(26(33)17-22)29-31-27(23-10-7-18(2)15-20(23)4)30-28(32-29)24-11-8-19(3)16-21(24)5/h7-12,15-17,33H,6,13-14H2,1-5H3. The molecule has 0 aliphatic rings. The lowest BCUT2D eigenvalue weighted by molar-refractivity contribution is 0.110. The molecule has 0 aliphatic carbocycles. The molecule has 6 nitrogen and oxygen atoms in total. The van der Waals surface area contributed by atoms with Crippen LogP contribution in [0.15, 0.2) is 54.6 Å². The van der Waals surface area contributed by atoms with Gasteiger partial charge in [0.2, 0.25) is 0 Å². The Morgan fingerprint density at radius 2 is 1.17 bits per heavy atom. The van der Waals surface area contributed by atoms with Crippen molar-refractivity contribution in [2.75, 3.05) is 19.8 Å². The summed E-state index contributed by atoms with van der Waals surface area (Å²) in [6, 6.07) is 17.6. The minimum atomic E-state index is 0.0447. The number of aromatic nitrogens is 3. The number of nitrogens with zero attached hydrogens (tertiary/aromatic N) is 3. The zero-order valence-electron chi connectivity index (χ0n) is 20.9. The van der Waals surface area contributed by atoms with Crippen LogP contribution in [0.3, 0.4) is 0 Å². The van der Waals surface area contributed by atoms with Crippen molar-refractivity contribution in [1.29, 1.82) is 0 Å². The number of aryl methyl sites for hydroxylation is 4. The predicted octanol–water partition coefficient (Wildman–Crippen LogP) is 6.23. The van der Waals surface area contributed by atoms with E-state index in [-0.39, 0.29) is 5.75 Å². The quantitative estimate of drug-likeness (QED) is 0.308. The second kappa shape index (κ2) is 10.7. The summed E-state index contributed by atoms with van der Waals surface area (Å²) >= 11 is 0. The van der Waals surface area contributed by atoms with Gasteiger partial charge in [-0.05, 0) is 57.9 Å². The first kappa shape index (κ1) is 24.4. The van der Waals surface area contributed by atoms with Crippen molar-refractivity contribution in [3.8, 4) is 45.7 Å². The highest BCUT2D eigenvalue weighted by Crippen LogP contribution is 2.34. The van der Waals surface area contributed by atoms with Gasteiger partial charge in [0.15, 0.2) is 17.5 Å². The van der Waals surface area contributed by atoms with Gasteiger partial charge in [-0.15, -0.1) is 0 Å². The normalized spacial score (nSPS) is 11.0. The maximum atomic E-state index is 10.8. The fourth-order valence-corrected chi connectivity index (χ4v) is 4.02. The van der Waals surface area contributed by atoms with E-state index in [1.165, 1.54) is 11.1 Å². The molecule has 0 fully saturated rings. The van der Waals surface area contributed by atoms with E-state index >= 15 is 0 Å². The first-order valence-electron chi connectivity index (χ1n) is 11.8. The summed E-state index contributed by atoms with van der Waals surface area (Å²) in [5.74, 6) is 2.15. The summed E-state index contributed by atoms with van der Waals surface area (Å²) in [5, 5.41) is 10.8. The van der Waals surface area contributed by atoms with E-state index in [2.05, 4.69) is 52.0 Å². The molecule has 4 aromatic rings.